The Morgan fingerprint density at radius 2 is 2.13 bits per heavy atom. The third-order valence-corrected chi connectivity index (χ3v) is 3.76. The van der Waals surface area contributed by atoms with Crippen LogP contribution in [-0.2, 0) is 6.42 Å². The summed E-state index contributed by atoms with van der Waals surface area (Å²) in [5.41, 5.74) is 2.66. The Bertz CT molecular complexity index is 499. The van der Waals surface area contributed by atoms with Crippen molar-refractivity contribution in [2.75, 3.05) is 6.61 Å². The maximum atomic E-state index is 5.50. The molecule has 3 rings (SSSR count). The number of hydrogen-bond acceptors (Lipinski definition) is 2. The second-order valence-corrected chi connectivity index (χ2v) is 5.12. The molecule has 0 saturated carbocycles. The van der Waals surface area contributed by atoms with Gasteiger partial charge in [-0.3, -0.25) is 0 Å². The number of rotatable bonds is 1. The number of hydrogen-bond donors (Lipinski definition) is 0. The van der Waals surface area contributed by atoms with E-state index in [1.165, 1.54) is 20.9 Å². The van der Waals surface area contributed by atoms with E-state index in [2.05, 4.69) is 37.3 Å². The molecular formula is C13H12OS. The fourth-order valence-electron chi connectivity index (χ4n) is 1.93. The van der Waals surface area contributed by atoms with Crippen molar-refractivity contribution in [2.45, 2.75) is 13.3 Å². The van der Waals surface area contributed by atoms with Gasteiger partial charge in [-0.1, -0.05) is 0 Å². The van der Waals surface area contributed by atoms with Gasteiger partial charge in [0, 0.05) is 16.2 Å². The zero-order valence-corrected chi connectivity index (χ0v) is 9.43. The van der Waals surface area contributed by atoms with E-state index in [9.17, 15) is 0 Å². The van der Waals surface area contributed by atoms with E-state index in [1.54, 1.807) is 0 Å². The molecule has 0 bridgehead atoms. The summed E-state index contributed by atoms with van der Waals surface area (Å²) in [5, 5.41) is 0. The molecular weight excluding hydrogens is 204 g/mol. The summed E-state index contributed by atoms with van der Waals surface area (Å²) < 4.78 is 5.50. The van der Waals surface area contributed by atoms with Gasteiger partial charge in [0.2, 0.25) is 0 Å². The molecule has 2 aromatic rings. The van der Waals surface area contributed by atoms with Crippen molar-refractivity contribution in [3.8, 4) is 16.2 Å². The van der Waals surface area contributed by atoms with Gasteiger partial charge in [0.25, 0.3) is 0 Å². The minimum absolute atomic E-state index is 0.836. The van der Waals surface area contributed by atoms with E-state index < -0.39 is 0 Å². The molecule has 0 amide bonds. The number of ether oxygens (including phenoxy) is 1. The monoisotopic (exact) mass is 216 g/mol. The first-order chi connectivity index (χ1) is 7.33. The van der Waals surface area contributed by atoms with E-state index in [0.29, 0.717) is 0 Å². The molecule has 0 unspecified atom stereocenters. The summed E-state index contributed by atoms with van der Waals surface area (Å²) in [4.78, 5) is 2.71. The summed E-state index contributed by atoms with van der Waals surface area (Å²) in [6.07, 6.45) is 1.05. The molecule has 0 fully saturated rings. The minimum Gasteiger partial charge on any atom is -0.493 e. The lowest BCUT2D eigenvalue weighted by molar-refractivity contribution is 0.357. The van der Waals surface area contributed by atoms with Gasteiger partial charge in [-0.25, -0.2) is 0 Å². The van der Waals surface area contributed by atoms with Gasteiger partial charge in [-0.15, -0.1) is 11.3 Å². The first kappa shape index (κ1) is 8.98. The minimum atomic E-state index is 0.836. The van der Waals surface area contributed by atoms with Crippen LogP contribution in [0.25, 0.3) is 10.4 Å². The number of thiophene rings is 1. The quantitative estimate of drug-likeness (QED) is 0.707. The lowest BCUT2D eigenvalue weighted by atomic mass is 10.1. The normalized spacial score (nSPS) is 13.7. The van der Waals surface area contributed by atoms with Crippen LogP contribution in [0.4, 0.5) is 0 Å². The molecule has 1 nitrogen and oxygen atoms in total. The van der Waals surface area contributed by atoms with Crippen molar-refractivity contribution in [1.82, 2.24) is 0 Å². The van der Waals surface area contributed by atoms with Crippen molar-refractivity contribution in [2.24, 2.45) is 0 Å². The van der Waals surface area contributed by atoms with Gasteiger partial charge in [-0.05, 0) is 48.4 Å². The van der Waals surface area contributed by atoms with Gasteiger partial charge >= 0.3 is 0 Å². The maximum absolute atomic E-state index is 5.50. The molecule has 2 heterocycles. The molecule has 1 aromatic heterocycles. The zero-order valence-electron chi connectivity index (χ0n) is 8.62. The molecule has 0 N–H and O–H groups in total. The summed E-state index contributed by atoms with van der Waals surface area (Å²) in [6.45, 7) is 2.98. The van der Waals surface area contributed by atoms with E-state index in [-0.39, 0.29) is 0 Å². The van der Waals surface area contributed by atoms with Crippen LogP contribution in [0.2, 0.25) is 0 Å². The molecule has 0 atom stereocenters. The standard InChI is InChI=1S/C13H12OS/c1-9-2-5-13(15-9)11-3-4-12-10(8-11)6-7-14-12/h2-5,8H,6-7H2,1H3. The molecule has 0 radical (unpaired) electrons. The van der Waals surface area contributed by atoms with Crippen LogP contribution in [-0.4, -0.2) is 6.61 Å². The maximum Gasteiger partial charge on any atom is 0.122 e. The molecule has 2 heteroatoms. The molecule has 0 spiro atoms. The predicted molar refractivity (Wildman–Crippen MR) is 63.7 cm³/mol. The third kappa shape index (κ3) is 1.55. The molecule has 0 aliphatic carbocycles. The highest BCUT2D eigenvalue weighted by Gasteiger charge is 2.12. The topological polar surface area (TPSA) is 9.23 Å². The highest BCUT2D eigenvalue weighted by molar-refractivity contribution is 7.15. The summed E-state index contributed by atoms with van der Waals surface area (Å²) >= 11 is 1.85. The summed E-state index contributed by atoms with van der Waals surface area (Å²) in [6, 6.07) is 10.9. The zero-order chi connectivity index (χ0) is 10.3. The van der Waals surface area contributed by atoms with Crippen molar-refractivity contribution in [3.63, 3.8) is 0 Å². The fourth-order valence-corrected chi connectivity index (χ4v) is 2.79. The van der Waals surface area contributed by atoms with Gasteiger partial charge < -0.3 is 4.74 Å². The van der Waals surface area contributed by atoms with Gasteiger partial charge in [0.1, 0.15) is 5.75 Å². The van der Waals surface area contributed by atoms with Crippen molar-refractivity contribution >= 4 is 11.3 Å². The van der Waals surface area contributed by atoms with Crippen molar-refractivity contribution in [3.05, 3.63) is 40.8 Å². The Balaban J connectivity index is 2.06. The first-order valence-electron chi connectivity index (χ1n) is 5.15. The van der Waals surface area contributed by atoms with E-state index in [4.69, 9.17) is 4.74 Å². The molecule has 76 valence electrons. The van der Waals surface area contributed by atoms with E-state index in [0.717, 1.165) is 18.8 Å². The Labute approximate surface area is 93.3 Å². The molecule has 1 aliphatic rings. The van der Waals surface area contributed by atoms with Crippen LogP contribution < -0.4 is 4.74 Å². The fraction of sp³-hybridized carbons (Fsp3) is 0.231. The van der Waals surface area contributed by atoms with Crippen LogP contribution in [0.15, 0.2) is 30.3 Å². The highest BCUT2D eigenvalue weighted by atomic mass is 32.1. The highest BCUT2D eigenvalue weighted by Crippen LogP contribution is 2.33. The van der Waals surface area contributed by atoms with Gasteiger partial charge in [0.15, 0.2) is 0 Å². The van der Waals surface area contributed by atoms with E-state index in [1.807, 2.05) is 11.3 Å². The van der Waals surface area contributed by atoms with Crippen LogP contribution in [0.1, 0.15) is 10.4 Å². The molecule has 1 aromatic carbocycles. The lowest BCUT2D eigenvalue weighted by Gasteiger charge is -2.01. The van der Waals surface area contributed by atoms with Gasteiger partial charge in [-0.2, -0.15) is 0 Å². The van der Waals surface area contributed by atoms with Crippen molar-refractivity contribution in [1.29, 1.82) is 0 Å². The molecule has 1 aliphatic heterocycles. The van der Waals surface area contributed by atoms with Crippen LogP contribution in [0.3, 0.4) is 0 Å². The SMILES string of the molecule is Cc1ccc(-c2ccc3c(c2)CCO3)s1. The Hall–Kier alpha value is -1.28. The summed E-state index contributed by atoms with van der Waals surface area (Å²) in [5.74, 6) is 1.06. The number of aryl methyl sites for hydroxylation is 1. The largest absolute Gasteiger partial charge is 0.493 e. The summed E-state index contributed by atoms with van der Waals surface area (Å²) in [7, 11) is 0. The van der Waals surface area contributed by atoms with Crippen LogP contribution in [0.5, 0.6) is 5.75 Å². The molecule has 15 heavy (non-hydrogen) atoms. The number of fused-ring (bicyclic) bond motifs is 1. The Morgan fingerprint density at radius 1 is 1.20 bits per heavy atom. The first-order valence-corrected chi connectivity index (χ1v) is 5.97. The smallest absolute Gasteiger partial charge is 0.122 e. The predicted octanol–water partition coefficient (Wildman–Crippen LogP) is 3.66. The third-order valence-electron chi connectivity index (χ3n) is 2.71. The van der Waals surface area contributed by atoms with Gasteiger partial charge in [0.05, 0.1) is 6.61 Å². The average Bonchev–Trinajstić information content (AvgIpc) is 2.84. The Morgan fingerprint density at radius 3 is 2.93 bits per heavy atom. The Kier molecular flexibility index (Phi) is 2.03. The lowest BCUT2D eigenvalue weighted by Crippen LogP contribution is -1.85. The average molecular weight is 216 g/mol. The van der Waals surface area contributed by atoms with E-state index >= 15 is 0 Å². The molecule has 0 saturated heterocycles. The van der Waals surface area contributed by atoms with Crippen LogP contribution in [0, 0.1) is 6.92 Å². The second-order valence-electron chi connectivity index (χ2n) is 3.83. The van der Waals surface area contributed by atoms with Crippen molar-refractivity contribution < 1.29 is 4.74 Å². The second kappa shape index (κ2) is 3.38. The van der Waals surface area contributed by atoms with Crippen LogP contribution >= 0.6 is 11.3 Å². The number of benzene rings is 1.